The van der Waals surface area contributed by atoms with Crippen molar-refractivity contribution in [3.63, 3.8) is 0 Å². The highest BCUT2D eigenvalue weighted by Gasteiger charge is 2.25. The number of likely N-dealkylation sites (N-methyl/N-ethyl adjacent to an activating group) is 1. The Balaban J connectivity index is 3.04. The van der Waals surface area contributed by atoms with E-state index < -0.39 is 9.84 Å². The molecular weight excluding hydrogens is 308 g/mol. The Kier molecular flexibility index (Phi) is 6.42. The van der Waals surface area contributed by atoms with E-state index in [4.69, 9.17) is 5.73 Å². The molecule has 0 saturated carbocycles. The highest BCUT2D eigenvalue weighted by Crippen LogP contribution is 2.33. The first-order valence-corrected chi connectivity index (χ1v) is 9.49. The van der Waals surface area contributed by atoms with E-state index in [0.29, 0.717) is 10.9 Å². The van der Waals surface area contributed by atoms with E-state index in [-0.39, 0.29) is 22.5 Å². The van der Waals surface area contributed by atoms with Crippen molar-refractivity contribution in [1.82, 2.24) is 9.27 Å². The maximum atomic E-state index is 12.2. The van der Waals surface area contributed by atoms with Crippen LogP contribution in [0.2, 0.25) is 0 Å². The summed E-state index contributed by atoms with van der Waals surface area (Å²) in [7, 11) is 0.628. The quantitative estimate of drug-likeness (QED) is 0.755. The number of hydrogen-bond acceptors (Lipinski definition) is 7. The summed E-state index contributed by atoms with van der Waals surface area (Å²) in [6, 6.07) is 0.158. The molecule has 1 unspecified atom stereocenters. The number of rotatable bonds is 8. The zero-order chi connectivity index (χ0) is 16.2. The molecule has 1 aromatic rings. The van der Waals surface area contributed by atoms with Crippen molar-refractivity contribution in [2.75, 3.05) is 37.4 Å². The number of nitrogen functional groups attached to an aromatic ring is 1. The molecule has 0 aliphatic carbocycles. The molecule has 1 heterocycles. The van der Waals surface area contributed by atoms with Gasteiger partial charge in [-0.1, -0.05) is 20.8 Å². The predicted molar refractivity (Wildman–Crippen MR) is 89.7 cm³/mol. The Hall–Kier alpha value is -0.860. The van der Waals surface area contributed by atoms with E-state index in [0.717, 1.165) is 24.5 Å². The molecule has 6 nitrogen and oxygen atoms in total. The monoisotopic (exact) mass is 334 g/mol. The van der Waals surface area contributed by atoms with Gasteiger partial charge in [0.1, 0.15) is 9.90 Å². The minimum atomic E-state index is -3.37. The normalized spacial score (nSPS) is 13.9. The number of aromatic nitrogens is 1. The molecule has 21 heavy (non-hydrogen) atoms. The number of nitrogens with zero attached hydrogens (tertiary/aromatic N) is 2. The molecule has 1 atom stereocenters. The van der Waals surface area contributed by atoms with Gasteiger partial charge in [-0.05, 0) is 38.0 Å². The smallest absolute Gasteiger partial charge is 0.184 e. The number of hydrogen-bond donors (Lipinski definition) is 2. The second kappa shape index (κ2) is 7.42. The van der Waals surface area contributed by atoms with E-state index in [1.54, 1.807) is 6.92 Å². The molecule has 122 valence electrons. The van der Waals surface area contributed by atoms with E-state index in [1.165, 1.54) is 0 Å². The first-order chi connectivity index (χ1) is 9.67. The highest BCUT2D eigenvalue weighted by molar-refractivity contribution is 7.91. The standard InChI is InChI=1S/C13H26N4O2S2/c1-6-21(18,19)11-12(14)16-20-13(11)15-10(7-9(2)3)8-17(4)5/h9-10,15H,6-8H2,1-5H3,(H2,14,16). The van der Waals surface area contributed by atoms with Gasteiger partial charge in [-0.3, -0.25) is 0 Å². The molecule has 1 aromatic heterocycles. The van der Waals surface area contributed by atoms with Crippen LogP contribution in [0.4, 0.5) is 10.8 Å². The Morgan fingerprint density at radius 1 is 1.38 bits per heavy atom. The van der Waals surface area contributed by atoms with Gasteiger partial charge in [0.05, 0.1) is 5.75 Å². The number of nitrogens with one attached hydrogen (secondary N) is 1. The van der Waals surface area contributed by atoms with Gasteiger partial charge in [0, 0.05) is 12.6 Å². The Morgan fingerprint density at radius 2 is 2.00 bits per heavy atom. The first kappa shape index (κ1) is 18.2. The van der Waals surface area contributed by atoms with Crippen LogP contribution < -0.4 is 11.1 Å². The van der Waals surface area contributed by atoms with Crippen LogP contribution in [0, 0.1) is 5.92 Å². The molecule has 3 N–H and O–H groups in total. The van der Waals surface area contributed by atoms with Crippen LogP contribution in [0.25, 0.3) is 0 Å². The van der Waals surface area contributed by atoms with Crippen LogP contribution in [0.3, 0.4) is 0 Å². The van der Waals surface area contributed by atoms with Crippen LogP contribution in [0.5, 0.6) is 0 Å². The van der Waals surface area contributed by atoms with Crippen LogP contribution in [-0.4, -0.2) is 50.1 Å². The van der Waals surface area contributed by atoms with Gasteiger partial charge in [-0.15, -0.1) is 0 Å². The summed E-state index contributed by atoms with van der Waals surface area (Å²) in [6.45, 7) is 6.73. The van der Waals surface area contributed by atoms with E-state index >= 15 is 0 Å². The topological polar surface area (TPSA) is 88.3 Å². The maximum Gasteiger partial charge on any atom is 0.184 e. The molecule has 0 spiro atoms. The van der Waals surface area contributed by atoms with Crippen molar-refractivity contribution in [3.8, 4) is 0 Å². The van der Waals surface area contributed by atoms with Gasteiger partial charge in [-0.25, -0.2) is 8.42 Å². The molecule has 0 amide bonds. The lowest BCUT2D eigenvalue weighted by Crippen LogP contribution is -2.33. The largest absolute Gasteiger partial charge is 0.382 e. The van der Waals surface area contributed by atoms with Gasteiger partial charge < -0.3 is 16.0 Å². The zero-order valence-electron chi connectivity index (χ0n) is 13.4. The van der Waals surface area contributed by atoms with Gasteiger partial charge >= 0.3 is 0 Å². The van der Waals surface area contributed by atoms with Gasteiger partial charge in [0.25, 0.3) is 0 Å². The third-order valence-electron chi connectivity index (χ3n) is 3.04. The van der Waals surface area contributed by atoms with Crippen molar-refractivity contribution < 1.29 is 8.42 Å². The second-order valence-electron chi connectivity index (χ2n) is 5.86. The van der Waals surface area contributed by atoms with Gasteiger partial charge in [0.15, 0.2) is 15.7 Å². The molecule has 0 fully saturated rings. The fourth-order valence-corrected chi connectivity index (χ4v) is 4.44. The van der Waals surface area contributed by atoms with Crippen LogP contribution >= 0.6 is 11.5 Å². The van der Waals surface area contributed by atoms with Crippen molar-refractivity contribution in [1.29, 1.82) is 0 Å². The third kappa shape index (κ3) is 5.12. The van der Waals surface area contributed by atoms with Crippen molar-refractivity contribution in [2.45, 2.75) is 38.1 Å². The average molecular weight is 335 g/mol. The highest BCUT2D eigenvalue weighted by atomic mass is 32.2. The van der Waals surface area contributed by atoms with E-state index in [9.17, 15) is 8.42 Å². The Labute approximate surface area is 131 Å². The molecule has 0 aliphatic rings. The van der Waals surface area contributed by atoms with Gasteiger partial charge in [0.2, 0.25) is 0 Å². The van der Waals surface area contributed by atoms with Crippen molar-refractivity contribution in [3.05, 3.63) is 0 Å². The minimum Gasteiger partial charge on any atom is -0.382 e. The maximum absolute atomic E-state index is 12.2. The minimum absolute atomic E-state index is 0.0207. The first-order valence-electron chi connectivity index (χ1n) is 7.06. The third-order valence-corrected chi connectivity index (χ3v) is 5.76. The summed E-state index contributed by atoms with van der Waals surface area (Å²) >= 11 is 1.12. The van der Waals surface area contributed by atoms with E-state index in [2.05, 4.69) is 28.4 Å². The summed E-state index contributed by atoms with van der Waals surface area (Å²) in [5.41, 5.74) is 5.75. The van der Waals surface area contributed by atoms with Crippen LogP contribution in [0.1, 0.15) is 27.2 Å². The lowest BCUT2D eigenvalue weighted by atomic mass is 10.0. The fraction of sp³-hybridized carbons (Fsp3) is 0.769. The molecule has 8 heteroatoms. The summed E-state index contributed by atoms with van der Waals surface area (Å²) in [5, 5.41) is 3.88. The molecule has 0 aromatic carbocycles. The lowest BCUT2D eigenvalue weighted by molar-refractivity contribution is 0.356. The summed E-state index contributed by atoms with van der Waals surface area (Å²) in [4.78, 5) is 2.24. The number of anilines is 2. The second-order valence-corrected chi connectivity index (χ2v) is 8.85. The predicted octanol–water partition coefficient (Wildman–Crippen LogP) is 1.91. The molecule has 0 radical (unpaired) electrons. The van der Waals surface area contributed by atoms with Crippen LogP contribution in [0.15, 0.2) is 4.90 Å². The molecule has 0 aliphatic heterocycles. The molecule has 1 rings (SSSR count). The SMILES string of the molecule is CCS(=O)(=O)c1c(N)nsc1NC(CC(C)C)CN(C)C. The van der Waals surface area contributed by atoms with Crippen molar-refractivity contribution in [2.24, 2.45) is 5.92 Å². The lowest BCUT2D eigenvalue weighted by Gasteiger charge is -2.24. The molecular formula is C13H26N4O2S2. The Morgan fingerprint density at radius 3 is 2.48 bits per heavy atom. The van der Waals surface area contributed by atoms with Crippen LogP contribution in [-0.2, 0) is 9.84 Å². The van der Waals surface area contributed by atoms with E-state index in [1.807, 2.05) is 14.1 Å². The fourth-order valence-electron chi connectivity index (χ4n) is 2.21. The summed E-state index contributed by atoms with van der Waals surface area (Å²) in [6.07, 6.45) is 0.946. The molecule has 0 bridgehead atoms. The number of nitrogens with two attached hydrogens (primary N) is 1. The average Bonchev–Trinajstić information content (AvgIpc) is 2.69. The summed E-state index contributed by atoms with van der Waals surface area (Å²) in [5.74, 6) is 0.628. The zero-order valence-corrected chi connectivity index (χ0v) is 15.0. The molecule has 0 saturated heterocycles. The Bertz CT molecular complexity index is 543. The van der Waals surface area contributed by atoms with Gasteiger partial charge in [-0.2, -0.15) is 4.37 Å². The summed E-state index contributed by atoms with van der Waals surface area (Å²) < 4.78 is 28.3. The number of sulfone groups is 1. The van der Waals surface area contributed by atoms with Crippen molar-refractivity contribution >= 4 is 32.2 Å².